The molecule has 0 radical (unpaired) electrons. The summed E-state index contributed by atoms with van der Waals surface area (Å²) >= 11 is 0. The molecule has 0 spiro atoms. The first-order valence-electron chi connectivity index (χ1n) is 8.14. The first-order chi connectivity index (χ1) is 11.0. The van der Waals surface area contributed by atoms with Gasteiger partial charge in [-0.25, -0.2) is 0 Å². The number of rotatable bonds is 6. The fraction of sp³-hybridized carbons (Fsp3) is 0.350. The molecular formula is C20H25NO2. The maximum atomic E-state index is 12.7. The SMILES string of the molecule is CCc1cccc(C)c1NC(=O)c1ccccc1OCC(C)C. The highest BCUT2D eigenvalue weighted by Gasteiger charge is 2.15. The van der Waals surface area contributed by atoms with Gasteiger partial charge in [0.05, 0.1) is 12.2 Å². The predicted octanol–water partition coefficient (Wildman–Crippen LogP) is 4.84. The zero-order chi connectivity index (χ0) is 16.8. The standard InChI is InChI=1S/C20H25NO2/c1-5-16-10-8-9-15(4)19(16)21-20(22)17-11-6-7-12-18(17)23-13-14(2)3/h6-12,14H,5,13H2,1-4H3,(H,21,22). The number of para-hydroxylation sites is 2. The number of benzene rings is 2. The predicted molar refractivity (Wildman–Crippen MR) is 95.3 cm³/mol. The molecule has 1 N–H and O–H groups in total. The summed E-state index contributed by atoms with van der Waals surface area (Å²) in [5.41, 5.74) is 3.68. The molecule has 2 aromatic carbocycles. The monoisotopic (exact) mass is 311 g/mol. The third-order valence-corrected chi connectivity index (χ3v) is 3.68. The van der Waals surface area contributed by atoms with E-state index >= 15 is 0 Å². The minimum absolute atomic E-state index is 0.131. The number of amides is 1. The fourth-order valence-electron chi connectivity index (χ4n) is 2.42. The van der Waals surface area contributed by atoms with Crippen molar-refractivity contribution in [1.29, 1.82) is 0 Å². The molecule has 0 aliphatic carbocycles. The lowest BCUT2D eigenvalue weighted by molar-refractivity contribution is 0.102. The summed E-state index contributed by atoms with van der Waals surface area (Å²) in [6.45, 7) is 8.86. The van der Waals surface area contributed by atoms with Crippen LogP contribution in [-0.4, -0.2) is 12.5 Å². The van der Waals surface area contributed by atoms with E-state index in [0.29, 0.717) is 23.8 Å². The molecular weight excluding hydrogens is 286 g/mol. The first kappa shape index (κ1) is 17.1. The number of hydrogen-bond acceptors (Lipinski definition) is 2. The van der Waals surface area contributed by atoms with Gasteiger partial charge in [-0.15, -0.1) is 0 Å². The highest BCUT2D eigenvalue weighted by atomic mass is 16.5. The van der Waals surface area contributed by atoms with Gasteiger partial charge in [-0.2, -0.15) is 0 Å². The molecule has 0 saturated carbocycles. The van der Waals surface area contributed by atoms with Gasteiger partial charge in [-0.1, -0.05) is 51.1 Å². The van der Waals surface area contributed by atoms with E-state index in [0.717, 1.165) is 23.2 Å². The molecule has 0 bridgehead atoms. The summed E-state index contributed by atoms with van der Waals surface area (Å²) in [6.07, 6.45) is 0.878. The van der Waals surface area contributed by atoms with E-state index in [-0.39, 0.29) is 5.91 Å². The van der Waals surface area contributed by atoms with Crippen molar-refractivity contribution in [2.45, 2.75) is 34.1 Å². The van der Waals surface area contributed by atoms with E-state index in [9.17, 15) is 4.79 Å². The van der Waals surface area contributed by atoms with E-state index in [1.165, 1.54) is 0 Å². The molecule has 0 aromatic heterocycles. The molecule has 0 saturated heterocycles. The second kappa shape index (κ2) is 7.82. The molecule has 3 nitrogen and oxygen atoms in total. The van der Waals surface area contributed by atoms with E-state index in [1.807, 2.05) is 43.3 Å². The number of carbonyl (C=O) groups excluding carboxylic acids is 1. The van der Waals surface area contributed by atoms with E-state index in [2.05, 4.69) is 26.1 Å². The Bertz CT molecular complexity index is 677. The van der Waals surface area contributed by atoms with Crippen LogP contribution >= 0.6 is 0 Å². The summed E-state index contributed by atoms with van der Waals surface area (Å²) in [6, 6.07) is 13.5. The second-order valence-corrected chi connectivity index (χ2v) is 6.12. The highest BCUT2D eigenvalue weighted by molar-refractivity contribution is 6.06. The third kappa shape index (κ3) is 4.35. The molecule has 0 unspecified atom stereocenters. The fourth-order valence-corrected chi connectivity index (χ4v) is 2.42. The normalized spacial score (nSPS) is 10.7. The molecule has 0 aliphatic rings. The lowest BCUT2D eigenvalue weighted by Gasteiger charge is -2.16. The maximum absolute atomic E-state index is 12.7. The summed E-state index contributed by atoms with van der Waals surface area (Å²) in [7, 11) is 0. The molecule has 0 heterocycles. The van der Waals surface area contributed by atoms with Crippen molar-refractivity contribution in [2.24, 2.45) is 5.92 Å². The molecule has 23 heavy (non-hydrogen) atoms. The smallest absolute Gasteiger partial charge is 0.259 e. The van der Waals surface area contributed by atoms with Gasteiger partial charge in [0.25, 0.3) is 5.91 Å². The van der Waals surface area contributed by atoms with Crippen molar-refractivity contribution < 1.29 is 9.53 Å². The van der Waals surface area contributed by atoms with Crippen LogP contribution in [0.3, 0.4) is 0 Å². The van der Waals surface area contributed by atoms with Crippen LogP contribution < -0.4 is 10.1 Å². The topological polar surface area (TPSA) is 38.3 Å². The second-order valence-electron chi connectivity index (χ2n) is 6.12. The molecule has 2 rings (SSSR count). The Labute approximate surface area is 138 Å². The number of hydrogen-bond donors (Lipinski definition) is 1. The largest absolute Gasteiger partial charge is 0.492 e. The summed E-state index contributed by atoms with van der Waals surface area (Å²) < 4.78 is 5.78. The molecule has 0 aliphatic heterocycles. The van der Waals surface area contributed by atoms with Gasteiger partial charge in [0.1, 0.15) is 5.75 Å². The zero-order valence-corrected chi connectivity index (χ0v) is 14.3. The average Bonchev–Trinajstić information content (AvgIpc) is 2.55. The van der Waals surface area contributed by atoms with Gasteiger partial charge in [0.2, 0.25) is 0 Å². The van der Waals surface area contributed by atoms with Crippen LogP contribution in [0, 0.1) is 12.8 Å². The molecule has 0 fully saturated rings. The lowest BCUT2D eigenvalue weighted by Crippen LogP contribution is -2.16. The van der Waals surface area contributed by atoms with Crippen molar-refractivity contribution in [3.63, 3.8) is 0 Å². The number of ether oxygens (including phenoxy) is 1. The van der Waals surface area contributed by atoms with E-state index < -0.39 is 0 Å². The van der Waals surface area contributed by atoms with Gasteiger partial charge < -0.3 is 10.1 Å². The van der Waals surface area contributed by atoms with Gasteiger partial charge in [0, 0.05) is 5.69 Å². The Morgan fingerprint density at radius 2 is 1.87 bits per heavy atom. The Morgan fingerprint density at radius 1 is 1.13 bits per heavy atom. The number of anilines is 1. The Kier molecular flexibility index (Phi) is 5.80. The molecule has 1 amide bonds. The van der Waals surface area contributed by atoms with Gasteiger partial charge in [0.15, 0.2) is 0 Å². The average molecular weight is 311 g/mol. The minimum atomic E-state index is -0.131. The van der Waals surface area contributed by atoms with Gasteiger partial charge in [-0.05, 0) is 42.5 Å². The number of aryl methyl sites for hydroxylation is 2. The maximum Gasteiger partial charge on any atom is 0.259 e. The summed E-state index contributed by atoms with van der Waals surface area (Å²) in [4.78, 5) is 12.7. The number of carbonyl (C=O) groups is 1. The summed E-state index contributed by atoms with van der Waals surface area (Å²) in [5, 5.41) is 3.06. The van der Waals surface area contributed by atoms with Crippen LogP contribution in [0.5, 0.6) is 5.75 Å². The Hall–Kier alpha value is -2.29. The minimum Gasteiger partial charge on any atom is -0.492 e. The molecule has 2 aromatic rings. The highest BCUT2D eigenvalue weighted by Crippen LogP contribution is 2.24. The van der Waals surface area contributed by atoms with Crippen molar-refractivity contribution in [3.8, 4) is 5.75 Å². The van der Waals surface area contributed by atoms with Crippen LogP contribution in [0.4, 0.5) is 5.69 Å². The lowest BCUT2D eigenvalue weighted by atomic mass is 10.1. The van der Waals surface area contributed by atoms with Crippen molar-refractivity contribution >= 4 is 11.6 Å². The Balaban J connectivity index is 2.25. The van der Waals surface area contributed by atoms with Gasteiger partial charge >= 0.3 is 0 Å². The quantitative estimate of drug-likeness (QED) is 0.828. The van der Waals surface area contributed by atoms with Crippen molar-refractivity contribution in [3.05, 3.63) is 59.2 Å². The van der Waals surface area contributed by atoms with Crippen molar-refractivity contribution in [2.75, 3.05) is 11.9 Å². The van der Waals surface area contributed by atoms with Crippen LogP contribution in [0.1, 0.15) is 42.3 Å². The van der Waals surface area contributed by atoms with Crippen LogP contribution in [-0.2, 0) is 6.42 Å². The molecule has 3 heteroatoms. The molecule has 0 atom stereocenters. The van der Waals surface area contributed by atoms with E-state index in [4.69, 9.17) is 4.74 Å². The Morgan fingerprint density at radius 3 is 2.57 bits per heavy atom. The van der Waals surface area contributed by atoms with Crippen LogP contribution in [0.2, 0.25) is 0 Å². The first-order valence-corrected chi connectivity index (χ1v) is 8.14. The van der Waals surface area contributed by atoms with Gasteiger partial charge in [-0.3, -0.25) is 4.79 Å². The molecule has 122 valence electrons. The zero-order valence-electron chi connectivity index (χ0n) is 14.3. The third-order valence-electron chi connectivity index (χ3n) is 3.68. The van der Waals surface area contributed by atoms with Crippen molar-refractivity contribution in [1.82, 2.24) is 0 Å². The van der Waals surface area contributed by atoms with Crippen LogP contribution in [0.25, 0.3) is 0 Å². The number of nitrogens with one attached hydrogen (secondary N) is 1. The summed E-state index contributed by atoms with van der Waals surface area (Å²) in [5.74, 6) is 0.910. The van der Waals surface area contributed by atoms with E-state index in [1.54, 1.807) is 6.07 Å². The van der Waals surface area contributed by atoms with Crippen LogP contribution in [0.15, 0.2) is 42.5 Å².